The molecule has 2 amide bonds. The van der Waals surface area contributed by atoms with Gasteiger partial charge in [-0.3, -0.25) is 9.59 Å². The van der Waals surface area contributed by atoms with Crippen molar-refractivity contribution in [3.05, 3.63) is 106 Å². The van der Waals surface area contributed by atoms with Crippen molar-refractivity contribution in [1.82, 2.24) is 15.7 Å². The summed E-state index contributed by atoms with van der Waals surface area (Å²) in [7, 11) is 3.89. The van der Waals surface area contributed by atoms with E-state index >= 15 is 0 Å². The lowest BCUT2D eigenvalue weighted by Crippen LogP contribution is -2.33. The minimum Gasteiger partial charge on any atom is -0.378 e. The van der Waals surface area contributed by atoms with Gasteiger partial charge >= 0.3 is 0 Å². The van der Waals surface area contributed by atoms with Gasteiger partial charge in [0.1, 0.15) is 5.70 Å². The molecule has 0 radical (unpaired) electrons. The largest absolute Gasteiger partial charge is 0.378 e. The van der Waals surface area contributed by atoms with Crippen LogP contribution in [0.2, 0.25) is 5.02 Å². The fourth-order valence-electron chi connectivity index (χ4n) is 3.71. The van der Waals surface area contributed by atoms with Gasteiger partial charge in [0.2, 0.25) is 0 Å². The first-order valence-electron chi connectivity index (χ1n) is 11.3. The Kier molecular flexibility index (Phi) is 7.51. The maximum Gasteiger partial charge on any atom is 0.287 e. The Hall–Kier alpha value is -4.36. The minimum atomic E-state index is -0.569. The number of nitrogens with zero attached hydrogens (tertiary/aromatic N) is 2. The van der Waals surface area contributed by atoms with Crippen LogP contribution >= 0.6 is 11.6 Å². The van der Waals surface area contributed by atoms with E-state index in [0.717, 1.165) is 33.4 Å². The van der Waals surface area contributed by atoms with Gasteiger partial charge in [-0.2, -0.15) is 5.10 Å². The number of benzene rings is 3. The van der Waals surface area contributed by atoms with Crippen LogP contribution in [-0.2, 0) is 4.79 Å². The summed E-state index contributed by atoms with van der Waals surface area (Å²) in [6.45, 7) is 1.94. The van der Waals surface area contributed by atoms with Crippen molar-refractivity contribution < 1.29 is 9.59 Å². The normalized spacial score (nSPS) is 11.6. The molecule has 0 saturated heterocycles. The molecule has 7 nitrogen and oxygen atoms in total. The van der Waals surface area contributed by atoms with E-state index in [1.807, 2.05) is 74.4 Å². The molecule has 0 aliphatic rings. The van der Waals surface area contributed by atoms with Crippen LogP contribution in [0.5, 0.6) is 0 Å². The highest BCUT2D eigenvalue weighted by Crippen LogP contribution is 2.20. The zero-order chi connectivity index (χ0) is 25.7. The van der Waals surface area contributed by atoms with Gasteiger partial charge in [-0.25, -0.2) is 5.43 Å². The molecule has 0 spiro atoms. The van der Waals surface area contributed by atoms with Crippen LogP contribution in [0, 0.1) is 6.92 Å². The van der Waals surface area contributed by atoms with E-state index in [9.17, 15) is 9.59 Å². The lowest BCUT2D eigenvalue weighted by molar-refractivity contribution is -0.117. The smallest absolute Gasteiger partial charge is 0.287 e. The lowest BCUT2D eigenvalue weighted by atomic mass is 10.1. The first-order chi connectivity index (χ1) is 17.3. The minimum absolute atomic E-state index is 0.0327. The number of aryl methyl sites for hydroxylation is 1. The summed E-state index contributed by atoms with van der Waals surface area (Å²) in [6.07, 6.45) is 3.18. The zero-order valence-corrected chi connectivity index (χ0v) is 20.9. The molecule has 0 aliphatic heterocycles. The van der Waals surface area contributed by atoms with Crippen LogP contribution in [-0.4, -0.2) is 37.1 Å². The summed E-state index contributed by atoms with van der Waals surface area (Å²) in [5.74, 6) is -1.07. The van der Waals surface area contributed by atoms with Crippen LogP contribution in [0.3, 0.4) is 0 Å². The monoisotopic (exact) mass is 499 g/mol. The second kappa shape index (κ2) is 10.9. The summed E-state index contributed by atoms with van der Waals surface area (Å²) in [5, 5.41) is 8.12. The Bertz CT molecular complexity index is 1470. The van der Waals surface area contributed by atoms with E-state index in [-0.39, 0.29) is 16.3 Å². The van der Waals surface area contributed by atoms with E-state index in [1.54, 1.807) is 36.6 Å². The molecule has 36 heavy (non-hydrogen) atoms. The third kappa shape index (κ3) is 5.64. The molecule has 4 rings (SSSR count). The van der Waals surface area contributed by atoms with E-state index in [0.29, 0.717) is 0 Å². The van der Waals surface area contributed by atoms with Gasteiger partial charge < -0.3 is 15.2 Å². The average molecular weight is 500 g/mol. The summed E-state index contributed by atoms with van der Waals surface area (Å²) >= 11 is 6.18. The van der Waals surface area contributed by atoms with Gasteiger partial charge in [0.05, 0.1) is 16.8 Å². The number of aromatic amines is 1. The highest BCUT2D eigenvalue weighted by molar-refractivity contribution is 6.34. The molecule has 0 atom stereocenters. The summed E-state index contributed by atoms with van der Waals surface area (Å²) in [5.41, 5.74) is 7.35. The fraction of sp³-hybridized carbons (Fsp3) is 0.107. The summed E-state index contributed by atoms with van der Waals surface area (Å²) in [4.78, 5) is 31.3. The van der Waals surface area contributed by atoms with E-state index < -0.39 is 11.8 Å². The number of hydrogen-bond acceptors (Lipinski definition) is 4. The molecule has 4 aromatic rings. The second-order valence-corrected chi connectivity index (χ2v) is 8.79. The van der Waals surface area contributed by atoms with Gasteiger partial charge in [0.15, 0.2) is 0 Å². The van der Waals surface area contributed by atoms with E-state index in [2.05, 4.69) is 20.8 Å². The molecule has 182 valence electrons. The molecular weight excluding hydrogens is 474 g/mol. The molecule has 0 saturated carbocycles. The number of carbonyl (C=O) groups excluding carboxylic acids is 2. The fourth-order valence-corrected chi connectivity index (χ4v) is 3.93. The van der Waals surface area contributed by atoms with Crippen LogP contribution in [0.4, 0.5) is 5.69 Å². The molecule has 0 aliphatic carbocycles. The Labute approximate surface area is 214 Å². The van der Waals surface area contributed by atoms with Crippen molar-refractivity contribution in [2.24, 2.45) is 5.10 Å². The molecule has 3 aromatic carbocycles. The Morgan fingerprint density at radius 1 is 0.972 bits per heavy atom. The SMILES string of the molecule is Cc1[nH]c2ccccc2c1/C=N\NC(=O)/C(=C\c1ccc(N(C)C)cc1)NC(=O)c1ccccc1Cl. The summed E-state index contributed by atoms with van der Waals surface area (Å²) < 4.78 is 0. The average Bonchev–Trinajstić information content (AvgIpc) is 3.19. The maximum absolute atomic E-state index is 13.1. The van der Waals surface area contributed by atoms with Crippen molar-refractivity contribution in [2.75, 3.05) is 19.0 Å². The number of anilines is 1. The molecule has 8 heteroatoms. The molecule has 1 heterocycles. The predicted molar refractivity (Wildman–Crippen MR) is 146 cm³/mol. The van der Waals surface area contributed by atoms with Gasteiger partial charge in [0, 0.05) is 41.9 Å². The molecule has 3 N–H and O–H groups in total. The number of para-hydroxylation sites is 1. The number of halogens is 1. The highest BCUT2D eigenvalue weighted by Gasteiger charge is 2.16. The summed E-state index contributed by atoms with van der Waals surface area (Å²) in [6, 6.07) is 22.1. The van der Waals surface area contributed by atoms with Gasteiger partial charge in [-0.1, -0.05) is 54.1 Å². The van der Waals surface area contributed by atoms with Crippen LogP contribution in [0.15, 0.2) is 83.6 Å². The number of amides is 2. The van der Waals surface area contributed by atoms with Crippen molar-refractivity contribution >= 4 is 52.3 Å². The predicted octanol–water partition coefficient (Wildman–Crippen LogP) is 5.12. The Balaban J connectivity index is 1.59. The van der Waals surface area contributed by atoms with Crippen molar-refractivity contribution in [2.45, 2.75) is 6.92 Å². The number of fused-ring (bicyclic) bond motifs is 1. The first-order valence-corrected chi connectivity index (χ1v) is 11.7. The van der Waals surface area contributed by atoms with Gasteiger partial charge in [0.25, 0.3) is 11.8 Å². The molecular formula is C28H26ClN5O2. The third-order valence-corrected chi connectivity index (χ3v) is 5.96. The van der Waals surface area contributed by atoms with Crippen molar-refractivity contribution in [3.8, 4) is 0 Å². The zero-order valence-electron chi connectivity index (χ0n) is 20.2. The molecule has 1 aromatic heterocycles. The quantitative estimate of drug-likeness (QED) is 0.187. The Morgan fingerprint density at radius 3 is 2.39 bits per heavy atom. The lowest BCUT2D eigenvalue weighted by Gasteiger charge is -2.13. The number of aromatic nitrogens is 1. The number of hydrogen-bond donors (Lipinski definition) is 3. The third-order valence-electron chi connectivity index (χ3n) is 5.63. The van der Waals surface area contributed by atoms with Gasteiger partial charge in [-0.05, 0) is 48.9 Å². The highest BCUT2D eigenvalue weighted by atomic mass is 35.5. The van der Waals surface area contributed by atoms with Crippen LogP contribution < -0.4 is 15.6 Å². The Morgan fingerprint density at radius 2 is 1.67 bits per heavy atom. The van der Waals surface area contributed by atoms with Crippen LogP contribution in [0.1, 0.15) is 27.2 Å². The topological polar surface area (TPSA) is 89.6 Å². The first kappa shape index (κ1) is 24.8. The standard InChI is InChI=1S/C28H26ClN5O2/c1-18-23(21-8-5-7-11-25(21)31-18)17-30-33-28(36)26(16-19-12-14-20(15-13-19)34(2)3)32-27(35)22-9-4-6-10-24(22)29/h4-17,31H,1-3H3,(H,32,35)(H,33,36)/b26-16+,30-17-. The second-order valence-electron chi connectivity index (χ2n) is 8.39. The van der Waals surface area contributed by atoms with Crippen LogP contribution in [0.25, 0.3) is 17.0 Å². The molecule has 0 fully saturated rings. The molecule has 0 unspecified atom stereocenters. The molecule has 0 bridgehead atoms. The number of nitrogens with one attached hydrogen (secondary N) is 3. The van der Waals surface area contributed by atoms with E-state index in [4.69, 9.17) is 11.6 Å². The number of rotatable bonds is 7. The maximum atomic E-state index is 13.1. The van der Waals surface area contributed by atoms with E-state index in [1.165, 1.54) is 0 Å². The van der Waals surface area contributed by atoms with Gasteiger partial charge in [-0.15, -0.1) is 0 Å². The number of H-pyrrole nitrogens is 1. The number of hydrazone groups is 1. The number of carbonyl (C=O) groups is 2. The van der Waals surface area contributed by atoms with Crippen molar-refractivity contribution in [1.29, 1.82) is 0 Å². The van der Waals surface area contributed by atoms with Crippen molar-refractivity contribution in [3.63, 3.8) is 0 Å².